The number of urea groups is 1. The lowest BCUT2D eigenvalue weighted by Gasteiger charge is -2.02. The summed E-state index contributed by atoms with van der Waals surface area (Å²) in [5.74, 6) is 0.818. The fourth-order valence-corrected chi connectivity index (χ4v) is 0.700. The molecule has 0 aliphatic heterocycles. The van der Waals surface area contributed by atoms with Gasteiger partial charge in [0.1, 0.15) is 11.6 Å². The minimum atomic E-state index is -0.312. The molecule has 0 atom stereocenters. The summed E-state index contributed by atoms with van der Waals surface area (Å²) in [7, 11) is 1.53. The molecule has 2 amide bonds. The first kappa shape index (κ1) is 8.32. The molecule has 0 aromatic carbocycles. The van der Waals surface area contributed by atoms with Crippen molar-refractivity contribution in [1.82, 2.24) is 10.3 Å². The number of carbonyl (C=O) groups excluding carboxylic acids is 1. The first-order chi connectivity index (χ1) is 5.72. The van der Waals surface area contributed by atoms with Crippen LogP contribution in [-0.4, -0.2) is 18.1 Å². The number of nitrogens with one attached hydrogen (secondary N) is 2. The third-order valence-corrected chi connectivity index (χ3v) is 1.24. The maximum atomic E-state index is 10.8. The SMILES string of the molecule is CNC(=O)Nc1cccc(N)n1. The summed E-state index contributed by atoms with van der Waals surface area (Å²) in [6, 6.07) is 4.71. The third kappa shape index (κ3) is 2.12. The predicted octanol–water partition coefficient (Wildman–Crippen LogP) is 0.415. The summed E-state index contributed by atoms with van der Waals surface area (Å²) < 4.78 is 0. The number of nitrogens with two attached hydrogens (primary N) is 1. The number of hydrogen-bond acceptors (Lipinski definition) is 3. The van der Waals surface area contributed by atoms with Gasteiger partial charge in [0, 0.05) is 7.05 Å². The summed E-state index contributed by atoms with van der Waals surface area (Å²) in [5, 5.41) is 4.89. The Balaban J connectivity index is 2.69. The predicted molar refractivity (Wildman–Crippen MR) is 46.7 cm³/mol. The Hall–Kier alpha value is -1.78. The highest BCUT2D eigenvalue weighted by atomic mass is 16.2. The number of rotatable bonds is 1. The minimum Gasteiger partial charge on any atom is -0.384 e. The van der Waals surface area contributed by atoms with Gasteiger partial charge in [-0.25, -0.2) is 9.78 Å². The van der Waals surface area contributed by atoms with Gasteiger partial charge in [0.15, 0.2) is 0 Å². The number of aromatic nitrogens is 1. The maximum Gasteiger partial charge on any atom is 0.320 e. The van der Waals surface area contributed by atoms with Crippen molar-refractivity contribution in [2.45, 2.75) is 0 Å². The quantitative estimate of drug-likeness (QED) is 0.565. The Labute approximate surface area is 70.0 Å². The maximum absolute atomic E-state index is 10.8. The van der Waals surface area contributed by atoms with Crippen LogP contribution in [0.5, 0.6) is 0 Å². The molecule has 12 heavy (non-hydrogen) atoms. The van der Waals surface area contributed by atoms with E-state index >= 15 is 0 Å². The van der Waals surface area contributed by atoms with Crippen molar-refractivity contribution in [3.63, 3.8) is 0 Å². The fourth-order valence-electron chi connectivity index (χ4n) is 0.700. The molecular weight excluding hydrogens is 156 g/mol. The lowest BCUT2D eigenvalue weighted by Crippen LogP contribution is -2.24. The number of pyridine rings is 1. The van der Waals surface area contributed by atoms with Gasteiger partial charge in [-0.1, -0.05) is 6.07 Å². The number of nitrogen functional groups attached to an aromatic ring is 1. The van der Waals surface area contributed by atoms with Crippen LogP contribution < -0.4 is 16.4 Å². The average molecular weight is 166 g/mol. The van der Waals surface area contributed by atoms with Crippen LogP contribution in [0.1, 0.15) is 0 Å². The van der Waals surface area contributed by atoms with Crippen LogP contribution in [0.25, 0.3) is 0 Å². The largest absolute Gasteiger partial charge is 0.384 e. The van der Waals surface area contributed by atoms with Crippen molar-refractivity contribution in [1.29, 1.82) is 0 Å². The highest BCUT2D eigenvalue weighted by Crippen LogP contribution is 2.04. The molecule has 0 aliphatic carbocycles. The van der Waals surface area contributed by atoms with E-state index in [1.807, 2.05) is 0 Å². The Morgan fingerprint density at radius 3 is 2.92 bits per heavy atom. The van der Waals surface area contributed by atoms with E-state index in [9.17, 15) is 4.79 Å². The molecule has 0 spiro atoms. The van der Waals surface area contributed by atoms with E-state index in [1.54, 1.807) is 18.2 Å². The Morgan fingerprint density at radius 1 is 1.58 bits per heavy atom. The van der Waals surface area contributed by atoms with Gasteiger partial charge in [-0.2, -0.15) is 0 Å². The van der Waals surface area contributed by atoms with Crippen LogP contribution in [0, 0.1) is 0 Å². The number of nitrogens with zero attached hydrogens (tertiary/aromatic N) is 1. The number of anilines is 2. The van der Waals surface area contributed by atoms with Gasteiger partial charge in [-0.3, -0.25) is 5.32 Å². The van der Waals surface area contributed by atoms with E-state index in [2.05, 4.69) is 15.6 Å². The van der Waals surface area contributed by atoms with E-state index in [4.69, 9.17) is 5.73 Å². The molecule has 64 valence electrons. The standard InChI is InChI=1S/C7H10N4O/c1-9-7(12)11-6-4-2-3-5(8)10-6/h2-4H,1H3,(H4,8,9,10,11,12). The zero-order valence-electron chi connectivity index (χ0n) is 6.66. The van der Waals surface area contributed by atoms with Crippen molar-refractivity contribution < 1.29 is 4.79 Å². The Kier molecular flexibility index (Phi) is 2.47. The van der Waals surface area contributed by atoms with Crippen molar-refractivity contribution in [2.75, 3.05) is 18.1 Å². The van der Waals surface area contributed by atoms with Gasteiger partial charge < -0.3 is 11.1 Å². The van der Waals surface area contributed by atoms with Gasteiger partial charge >= 0.3 is 6.03 Å². The summed E-state index contributed by atoms with van der Waals surface area (Å²) in [5.41, 5.74) is 5.39. The first-order valence-electron chi connectivity index (χ1n) is 3.43. The van der Waals surface area contributed by atoms with E-state index in [-0.39, 0.29) is 6.03 Å². The van der Waals surface area contributed by atoms with Crippen LogP contribution in [0.4, 0.5) is 16.4 Å². The van der Waals surface area contributed by atoms with Crippen LogP contribution in [0.3, 0.4) is 0 Å². The second-order valence-electron chi connectivity index (χ2n) is 2.15. The molecule has 0 unspecified atom stereocenters. The molecule has 0 saturated carbocycles. The molecular formula is C7H10N4O. The topological polar surface area (TPSA) is 80.0 Å². The average Bonchev–Trinajstić information content (AvgIpc) is 2.04. The van der Waals surface area contributed by atoms with E-state index in [0.717, 1.165) is 0 Å². The minimum absolute atomic E-state index is 0.312. The lowest BCUT2D eigenvalue weighted by molar-refractivity contribution is 0.254. The van der Waals surface area contributed by atoms with Crippen LogP contribution in [-0.2, 0) is 0 Å². The van der Waals surface area contributed by atoms with Crippen molar-refractivity contribution in [3.8, 4) is 0 Å². The fraction of sp³-hybridized carbons (Fsp3) is 0.143. The molecule has 5 heteroatoms. The molecule has 0 fully saturated rings. The molecule has 0 saturated heterocycles. The Bertz CT molecular complexity index is 286. The molecule has 0 bridgehead atoms. The molecule has 5 nitrogen and oxygen atoms in total. The molecule has 4 N–H and O–H groups in total. The zero-order valence-corrected chi connectivity index (χ0v) is 6.66. The Morgan fingerprint density at radius 2 is 2.33 bits per heavy atom. The molecule has 0 aliphatic rings. The number of amides is 2. The zero-order chi connectivity index (χ0) is 8.97. The van der Waals surface area contributed by atoms with E-state index in [0.29, 0.717) is 11.6 Å². The first-order valence-corrected chi connectivity index (χ1v) is 3.43. The van der Waals surface area contributed by atoms with E-state index < -0.39 is 0 Å². The molecule has 1 aromatic heterocycles. The third-order valence-electron chi connectivity index (χ3n) is 1.24. The van der Waals surface area contributed by atoms with E-state index in [1.165, 1.54) is 7.05 Å². The highest BCUT2D eigenvalue weighted by Gasteiger charge is 1.98. The van der Waals surface area contributed by atoms with Gasteiger partial charge in [-0.05, 0) is 12.1 Å². The number of hydrogen-bond donors (Lipinski definition) is 3. The van der Waals surface area contributed by atoms with Crippen LogP contribution in [0.2, 0.25) is 0 Å². The summed E-state index contributed by atoms with van der Waals surface area (Å²) >= 11 is 0. The van der Waals surface area contributed by atoms with Crippen molar-refractivity contribution >= 4 is 17.7 Å². The van der Waals surface area contributed by atoms with Crippen LogP contribution >= 0.6 is 0 Å². The second-order valence-corrected chi connectivity index (χ2v) is 2.15. The highest BCUT2D eigenvalue weighted by molar-refractivity contribution is 5.88. The smallest absolute Gasteiger partial charge is 0.320 e. The monoisotopic (exact) mass is 166 g/mol. The second kappa shape index (κ2) is 3.56. The molecule has 0 radical (unpaired) electrons. The summed E-state index contributed by atoms with van der Waals surface area (Å²) in [6.45, 7) is 0. The van der Waals surface area contributed by atoms with Gasteiger partial charge in [0.05, 0.1) is 0 Å². The molecule has 1 aromatic rings. The molecule has 1 rings (SSSR count). The van der Waals surface area contributed by atoms with Crippen LogP contribution in [0.15, 0.2) is 18.2 Å². The normalized spacial score (nSPS) is 9.08. The van der Waals surface area contributed by atoms with Crippen molar-refractivity contribution in [3.05, 3.63) is 18.2 Å². The molecule has 1 heterocycles. The van der Waals surface area contributed by atoms with Gasteiger partial charge in [0.25, 0.3) is 0 Å². The van der Waals surface area contributed by atoms with Crippen molar-refractivity contribution in [2.24, 2.45) is 0 Å². The lowest BCUT2D eigenvalue weighted by atomic mass is 10.4. The van der Waals surface area contributed by atoms with Gasteiger partial charge in [0.2, 0.25) is 0 Å². The van der Waals surface area contributed by atoms with Gasteiger partial charge in [-0.15, -0.1) is 0 Å². The summed E-state index contributed by atoms with van der Waals surface area (Å²) in [6.07, 6.45) is 0. The summed E-state index contributed by atoms with van der Waals surface area (Å²) in [4.78, 5) is 14.7. The number of carbonyl (C=O) groups is 1.